The van der Waals surface area contributed by atoms with Crippen molar-refractivity contribution in [3.8, 4) is 56.7 Å². The van der Waals surface area contributed by atoms with Crippen molar-refractivity contribution < 1.29 is 8.83 Å². The zero-order valence-electron chi connectivity index (χ0n) is 37.4. The highest BCUT2D eigenvalue weighted by atomic mass is 16.3. The Bertz CT molecular complexity index is 4540. The fourth-order valence-corrected chi connectivity index (χ4v) is 10.9. The highest BCUT2D eigenvalue weighted by Crippen LogP contribution is 2.43. The smallest absolute Gasteiger partial charge is 0.164 e. The molecule has 5 aromatic heterocycles. The van der Waals surface area contributed by atoms with Crippen LogP contribution in [0, 0.1) is 0 Å². The molecule has 0 aliphatic heterocycles. The van der Waals surface area contributed by atoms with Crippen molar-refractivity contribution in [3.63, 3.8) is 0 Å². The van der Waals surface area contributed by atoms with Gasteiger partial charge in [-0.25, -0.2) is 15.0 Å². The van der Waals surface area contributed by atoms with Crippen molar-refractivity contribution in [3.05, 3.63) is 224 Å². The summed E-state index contributed by atoms with van der Waals surface area (Å²) in [6, 6.07) is 78.5. The number of fused-ring (bicyclic) bond motifs is 12. The Morgan fingerprint density at radius 1 is 0.271 bits per heavy atom. The Morgan fingerprint density at radius 2 is 0.843 bits per heavy atom. The molecule has 0 saturated carbocycles. The van der Waals surface area contributed by atoms with E-state index in [-0.39, 0.29) is 0 Å². The maximum Gasteiger partial charge on any atom is 0.164 e. The molecule has 0 aliphatic rings. The molecular formula is C63H37N5O2. The summed E-state index contributed by atoms with van der Waals surface area (Å²) in [5.74, 6) is 1.67. The minimum atomic E-state index is 0.546. The van der Waals surface area contributed by atoms with Crippen molar-refractivity contribution in [2.45, 2.75) is 0 Å². The SMILES string of the molecule is c1ccc(-c2nc(-c3ccc4c(c3)oc3ccc(-n5c6ccccc6c6ccccc65)cc34)nc(-c3cccc4oc5ccc(-c6cccc7c6c6ccccc6n7-c6ccccc6)cc5c34)n2)cc1. The van der Waals surface area contributed by atoms with Gasteiger partial charge in [-0.1, -0.05) is 140 Å². The molecule has 0 amide bonds. The number of hydrogen-bond acceptors (Lipinski definition) is 5. The summed E-state index contributed by atoms with van der Waals surface area (Å²) in [6.45, 7) is 0. The Balaban J connectivity index is 0.885. The van der Waals surface area contributed by atoms with Crippen LogP contribution in [0.3, 0.4) is 0 Å². The molecule has 0 N–H and O–H groups in total. The molecule has 15 aromatic rings. The van der Waals surface area contributed by atoms with Crippen LogP contribution in [0.4, 0.5) is 0 Å². The fraction of sp³-hybridized carbons (Fsp3) is 0. The van der Waals surface area contributed by atoms with E-state index in [1.807, 2.05) is 42.5 Å². The second kappa shape index (κ2) is 15.0. The lowest BCUT2D eigenvalue weighted by molar-refractivity contribution is 0.668. The van der Waals surface area contributed by atoms with Crippen molar-refractivity contribution in [2.24, 2.45) is 0 Å². The summed E-state index contributed by atoms with van der Waals surface area (Å²) in [6.07, 6.45) is 0. The third-order valence-electron chi connectivity index (χ3n) is 14.0. The zero-order chi connectivity index (χ0) is 45.9. The monoisotopic (exact) mass is 895 g/mol. The summed E-state index contributed by atoms with van der Waals surface area (Å²) in [5, 5.41) is 8.85. The molecule has 70 heavy (non-hydrogen) atoms. The first-order valence-corrected chi connectivity index (χ1v) is 23.5. The van der Waals surface area contributed by atoms with Crippen LogP contribution in [0.25, 0.3) is 144 Å². The van der Waals surface area contributed by atoms with Gasteiger partial charge in [-0.05, 0) is 96.1 Å². The molecule has 0 fully saturated rings. The van der Waals surface area contributed by atoms with Crippen molar-refractivity contribution in [2.75, 3.05) is 0 Å². The lowest BCUT2D eigenvalue weighted by atomic mass is 9.97. The summed E-state index contributed by atoms with van der Waals surface area (Å²) in [4.78, 5) is 15.6. The molecule has 7 nitrogen and oxygen atoms in total. The van der Waals surface area contributed by atoms with E-state index in [1.165, 1.54) is 32.6 Å². The second-order valence-electron chi connectivity index (χ2n) is 17.9. The lowest BCUT2D eigenvalue weighted by Crippen LogP contribution is -2.00. The average molecular weight is 896 g/mol. The number of hydrogen-bond donors (Lipinski definition) is 0. The Hall–Kier alpha value is -9.59. The molecule has 0 spiro atoms. The largest absolute Gasteiger partial charge is 0.456 e. The van der Waals surface area contributed by atoms with Gasteiger partial charge in [0.15, 0.2) is 17.5 Å². The van der Waals surface area contributed by atoms with E-state index in [9.17, 15) is 0 Å². The number of nitrogens with zero attached hydrogens (tertiary/aromatic N) is 5. The van der Waals surface area contributed by atoms with Gasteiger partial charge in [0.05, 0.1) is 22.1 Å². The predicted octanol–water partition coefficient (Wildman–Crippen LogP) is 16.5. The standard InChI is InChI=1S/C63H37N5O2/c1-3-15-38(16-4-1)61-64-62(40-29-32-46-49-37-42(31-34-55(49)70-58(46)36-40)68-51-24-10-7-19-44(51)45-20-8-11-25-52(45)68)66-63(65-61)48-23-14-28-57-60(48)50-35-39(30-33-56(50)69-57)43-22-13-27-54-59(43)47-21-9-12-26-53(47)67(54)41-17-5-2-6-18-41/h1-37H. The number of para-hydroxylation sites is 4. The predicted molar refractivity (Wildman–Crippen MR) is 285 cm³/mol. The van der Waals surface area contributed by atoms with E-state index in [2.05, 4.69) is 191 Å². The number of furan rings is 2. The van der Waals surface area contributed by atoms with E-state index in [0.29, 0.717) is 17.5 Å². The highest BCUT2D eigenvalue weighted by Gasteiger charge is 2.22. The molecule has 0 saturated heterocycles. The maximum absolute atomic E-state index is 6.62. The molecule has 15 rings (SSSR count). The van der Waals surface area contributed by atoms with Crippen LogP contribution < -0.4 is 0 Å². The van der Waals surface area contributed by atoms with Gasteiger partial charge in [-0.3, -0.25) is 0 Å². The van der Waals surface area contributed by atoms with Gasteiger partial charge in [-0.15, -0.1) is 0 Å². The minimum absolute atomic E-state index is 0.546. The van der Waals surface area contributed by atoms with Gasteiger partial charge in [-0.2, -0.15) is 0 Å². The molecule has 0 bridgehead atoms. The van der Waals surface area contributed by atoms with Crippen LogP contribution in [-0.4, -0.2) is 24.1 Å². The van der Waals surface area contributed by atoms with Crippen LogP contribution in [0.5, 0.6) is 0 Å². The van der Waals surface area contributed by atoms with Crippen LogP contribution in [0.1, 0.15) is 0 Å². The quantitative estimate of drug-likeness (QED) is 0.166. The van der Waals surface area contributed by atoms with E-state index in [4.69, 9.17) is 23.8 Å². The number of rotatable bonds is 6. The van der Waals surface area contributed by atoms with Crippen LogP contribution in [0.2, 0.25) is 0 Å². The van der Waals surface area contributed by atoms with E-state index in [1.54, 1.807) is 0 Å². The normalized spacial score (nSPS) is 12.0. The fourth-order valence-electron chi connectivity index (χ4n) is 10.9. The molecule has 0 aliphatic carbocycles. The van der Waals surface area contributed by atoms with Crippen molar-refractivity contribution in [1.82, 2.24) is 24.1 Å². The van der Waals surface area contributed by atoms with Crippen LogP contribution in [-0.2, 0) is 0 Å². The van der Waals surface area contributed by atoms with Gasteiger partial charge in [0.2, 0.25) is 0 Å². The van der Waals surface area contributed by atoms with Gasteiger partial charge in [0.25, 0.3) is 0 Å². The summed E-state index contributed by atoms with van der Waals surface area (Å²) < 4.78 is 17.9. The Kier molecular flexibility index (Phi) is 8.23. The van der Waals surface area contributed by atoms with Gasteiger partial charge >= 0.3 is 0 Å². The summed E-state index contributed by atoms with van der Waals surface area (Å²) >= 11 is 0. The third kappa shape index (κ3) is 5.79. The van der Waals surface area contributed by atoms with Gasteiger partial charge in [0.1, 0.15) is 22.3 Å². The third-order valence-corrected chi connectivity index (χ3v) is 14.0. The van der Waals surface area contributed by atoms with Crippen LogP contribution in [0.15, 0.2) is 233 Å². The van der Waals surface area contributed by atoms with Gasteiger partial charge < -0.3 is 18.0 Å². The molecule has 5 heterocycles. The molecular weight excluding hydrogens is 859 g/mol. The number of benzene rings is 10. The minimum Gasteiger partial charge on any atom is -0.456 e. The lowest BCUT2D eigenvalue weighted by Gasteiger charge is -2.10. The van der Waals surface area contributed by atoms with Crippen molar-refractivity contribution >= 4 is 87.5 Å². The van der Waals surface area contributed by atoms with E-state index < -0.39 is 0 Å². The molecule has 0 atom stereocenters. The first-order valence-electron chi connectivity index (χ1n) is 23.5. The van der Waals surface area contributed by atoms with Gasteiger partial charge in [0, 0.05) is 71.2 Å². The number of aromatic nitrogens is 5. The van der Waals surface area contributed by atoms with E-state index in [0.717, 1.165) is 94.1 Å². The maximum atomic E-state index is 6.62. The Morgan fingerprint density at radius 3 is 1.63 bits per heavy atom. The molecule has 326 valence electrons. The first kappa shape index (κ1) is 38.5. The molecule has 7 heteroatoms. The second-order valence-corrected chi connectivity index (χ2v) is 17.9. The molecule has 0 unspecified atom stereocenters. The average Bonchev–Trinajstić information content (AvgIpc) is 4.18. The van der Waals surface area contributed by atoms with Crippen molar-refractivity contribution in [1.29, 1.82) is 0 Å². The first-order chi connectivity index (χ1) is 34.7. The molecule has 10 aromatic carbocycles. The highest BCUT2D eigenvalue weighted by molar-refractivity contribution is 6.18. The summed E-state index contributed by atoms with van der Waals surface area (Å²) in [5.41, 5.74) is 14.8. The topological polar surface area (TPSA) is 74.8 Å². The van der Waals surface area contributed by atoms with Crippen LogP contribution >= 0.6 is 0 Å². The molecule has 0 radical (unpaired) electrons. The van der Waals surface area contributed by atoms with E-state index >= 15 is 0 Å². The summed E-state index contributed by atoms with van der Waals surface area (Å²) in [7, 11) is 0. The zero-order valence-corrected chi connectivity index (χ0v) is 37.4. The Labute approximate surface area is 399 Å².